The number of halogens is 1. The van der Waals surface area contributed by atoms with E-state index in [2.05, 4.69) is 17.9 Å². The third-order valence-electron chi connectivity index (χ3n) is 10.8. The van der Waals surface area contributed by atoms with Crippen molar-refractivity contribution in [3.8, 4) is 5.75 Å². The van der Waals surface area contributed by atoms with Gasteiger partial charge in [0.25, 0.3) is 0 Å². The van der Waals surface area contributed by atoms with Crippen molar-refractivity contribution in [2.75, 3.05) is 40.3 Å². The van der Waals surface area contributed by atoms with E-state index < -0.39 is 60.1 Å². The summed E-state index contributed by atoms with van der Waals surface area (Å²) in [5.41, 5.74) is -0.625. The van der Waals surface area contributed by atoms with Crippen LogP contribution in [0, 0.1) is 5.92 Å². The number of epoxide rings is 1. The molecule has 2 fully saturated rings. The number of nitrogens with one attached hydrogen (secondary N) is 1. The summed E-state index contributed by atoms with van der Waals surface area (Å²) in [6.45, 7) is 11.4. The van der Waals surface area contributed by atoms with Crippen molar-refractivity contribution < 1.29 is 47.9 Å². The van der Waals surface area contributed by atoms with Gasteiger partial charge in [0.2, 0.25) is 11.8 Å². The number of rotatable bonds is 10. The van der Waals surface area contributed by atoms with Gasteiger partial charge in [-0.25, -0.2) is 4.79 Å². The van der Waals surface area contributed by atoms with Crippen LogP contribution in [0.15, 0.2) is 35.9 Å². The Morgan fingerprint density at radius 3 is 2.56 bits per heavy atom. The minimum Gasteiger partial charge on any atom is -0.495 e. The Morgan fingerprint density at radius 2 is 1.94 bits per heavy atom. The van der Waals surface area contributed by atoms with Crippen molar-refractivity contribution in [3.05, 3.63) is 46.5 Å². The van der Waals surface area contributed by atoms with Crippen LogP contribution in [-0.2, 0) is 39.7 Å². The van der Waals surface area contributed by atoms with Gasteiger partial charge >= 0.3 is 6.09 Å². The summed E-state index contributed by atoms with van der Waals surface area (Å²) in [5, 5.41) is 14.6. The Labute approximate surface area is 330 Å². The van der Waals surface area contributed by atoms with Crippen LogP contribution >= 0.6 is 24.2 Å². The molecular formula is C39H58ClN3O10S. The first-order valence-electron chi connectivity index (χ1n) is 18.2. The lowest BCUT2D eigenvalue weighted by Gasteiger charge is -2.42. The Kier molecular flexibility index (Phi) is 14.2. The van der Waals surface area contributed by atoms with E-state index in [1.165, 1.54) is 26.2 Å². The van der Waals surface area contributed by atoms with E-state index in [-0.39, 0.29) is 40.8 Å². The zero-order valence-electron chi connectivity index (χ0n) is 33.3. The quantitative estimate of drug-likeness (QED) is 0.159. The van der Waals surface area contributed by atoms with Crippen LogP contribution in [0.4, 0.5) is 10.5 Å². The summed E-state index contributed by atoms with van der Waals surface area (Å²) in [4.78, 5) is 43.5. The van der Waals surface area contributed by atoms with Gasteiger partial charge in [0.15, 0.2) is 12.0 Å². The molecule has 4 rings (SSSR count). The molecular weight excluding hydrogens is 738 g/mol. The zero-order valence-corrected chi connectivity index (χ0v) is 35.0. The Morgan fingerprint density at radius 1 is 1.26 bits per heavy atom. The lowest BCUT2D eigenvalue weighted by Crippen LogP contribution is -2.63. The molecule has 13 nitrogen and oxygen atoms in total. The van der Waals surface area contributed by atoms with Gasteiger partial charge in [0, 0.05) is 51.8 Å². The fraction of sp³-hybridized carbons (Fsp3) is 0.667. The lowest BCUT2D eigenvalue weighted by atomic mass is 9.83. The molecule has 0 radical (unpaired) electrons. The van der Waals surface area contributed by atoms with E-state index in [4.69, 9.17) is 40.0 Å². The van der Waals surface area contributed by atoms with Crippen LogP contribution in [0.2, 0.25) is 5.02 Å². The van der Waals surface area contributed by atoms with Crippen LogP contribution in [-0.4, -0.2) is 116 Å². The molecule has 9 atom stereocenters. The minimum atomic E-state index is -1.79. The number of aliphatic hydroxyl groups is 1. The van der Waals surface area contributed by atoms with Gasteiger partial charge in [-0.05, 0) is 51.3 Å². The highest BCUT2D eigenvalue weighted by molar-refractivity contribution is 7.81. The van der Waals surface area contributed by atoms with Crippen LogP contribution in [0.1, 0.15) is 72.8 Å². The molecule has 0 spiro atoms. The highest BCUT2D eigenvalue weighted by Gasteiger charge is 2.64. The van der Waals surface area contributed by atoms with Crippen LogP contribution < -0.4 is 15.0 Å². The summed E-state index contributed by atoms with van der Waals surface area (Å²) in [5.74, 6) is -0.486. The number of benzene rings is 1. The Bertz CT molecular complexity index is 1600. The molecule has 302 valence electrons. The summed E-state index contributed by atoms with van der Waals surface area (Å²) in [6.07, 6.45) is 1.56. The number of carbonyl (C=O) groups excluding carboxylic acids is 3. The standard InChI is InChI=1S/C39H58ClN3O10S/c1-22-13-12-14-29(49-10)39(47)21-28(51-36(46)41-39)23(2)34-38(6,53-34)30(52-35(50-11)24(3)42(7)31(44)15-16-37(4,5)54)20-32(45)43(8)26-18-25(17-22)19-27(48-9)33(26)40/h12-14,18-19,23-24,28-30,34-35,47,54H,15-17,20-21H2,1-11H3,(H,41,46)/b14-12+,22-13+. The van der Waals surface area contributed by atoms with E-state index in [1.54, 1.807) is 31.1 Å². The van der Waals surface area contributed by atoms with Crippen molar-refractivity contribution in [1.82, 2.24) is 10.2 Å². The van der Waals surface area contributed by atoms with Crippen molar-refractivity contribution in [2.24, 2.45) is 5.92 Å². The first-order valence-corrected chi connectivity index (χ1v) is 19.1. The third kappa shape index (κ3) is 10.1. The highest BCUT2D eigenvalue weighted by Crippen LogP contribution is 2.49. The fourth-order valence-electron chi connectivity index (χ4n) is 7.16. The summed E-state index contributed by atoms with van der Waals surface area (Å²) in [6, 6.07) is 3.11. The predicted molar refractivity (Wildman–Crippen MR) is 209 cm³/mol. The molecule has 1 aromatic rings. The predicted octanol–water partition coefficient (Wildman–Crippen LogP) is 5.45. The van der Waals surface area contributed by atoms with Gasteiger partial charge in [0.1, 0.15) is 34.7 Å². The second-order valence-electron chi connectivity index (χ2n) is 15.6. The monoisotopic (exact) mass is 795 g/mol. The Balaban J connectivity index is 1.76. The van der Waals surface area contributed by atoms with E-state index in [0.717, 1.165) is 11.1 Å². The number of fused-ring (bicyclic) bond motifs is 5. The number of anilines is 1. The van der Waals surface area contributed by atoms with Gasteiger partial charge in [-0.3, -0.25) is 14.9 Å². The number of thiol groups is 1. The van der Waals surface area contributed by atoms with Crippen molar-refractivity contribution in [2.45, 2.75) is 126 Å². The summed E-state index contributed by atoms with van der Waals surface area (Å²) < 4.78 is 35.6. The summed E-state index contributed by atoms with van der Waals surface area (Å²) >= 11 is 11.4. The lowest BCUT2D eigenvalue weighted by molar-refractivity contribution is -0.199. The second kappa shape index (κ2) is 17.5. The number of ether oxygens (including phenoxy) is 6. The molecule has 54 heavy (non-hydrogen) atoms. The molecule has 1 aromatic carbocycles. The van der Waals surface area contributed by atoms with Crippen molar-refractivity contribution >= 4 is 47.8 Å². The molecule has 3 heterocycles. The maximum atomic E-state index is 14.3. The number of amides is 3. The minimum absolute atomic E-state index is 0.00750. The number of alkyl carbamates (subject to hydrolysis) is 1. The average Bonchev–Trinajstić information content (AvgIpc) is 3.80. The number of methoxy groups -OCH3 is 3. The van der Waals surface area contributed by atoms with Crippen LogP contribution in [0.5, 0.6) is 5.75 Å². The topological polar surface area (TPSA) is 149 Å². The molecule has 0 aliphatic carbocycles. The molecule has 9 unspecified atom stereocenters. The van der Waals surface area contributed by atoms with E-state index in [0.29, 0.717) is 24.3 Å². The molecule has 15 heteroatoms. The third-order valence-corrected chi connectivity index (χ3v) is 11.4. The van der Waals surface area contributed by atoms with Gasteiger partial charge in [-0.1, -0.05) is 56.2 Å². The molecule has 3 amide bonds. The number of hydrogen-bond donors (Lipinski definition) is 3. The van der Waals surface area contributed by atoms with Gasteiger partial charge in [0.05, 0.1) is 31.4 Å². The number of nitrogens with zero attached hydrogens (tertiary/aromatic N) is 2. The first kappa shape index (κ1) is 43.9. The Hall–Kier alpha value is -2.85. The normalized spacial score (nSPS) is 31.9. The molecule has 0 aromatic heterocycles. The van der Waals surface area contributed by atoms with E-state index in [1.807, 2.05) is 59.8 Å². The molecule has 2 N–H and O–H groups in total. The number of allylic oxidation sites excluding steroid dienone is 3. The molecule has 4 bridgehead atoms. The molecule has 3 aliphatic rings. The maximum absolute atomic E-state index is 14.3. The summed E-state index contributed by atoms with van der Waals surface area (Å²) in [7, 11) is 7.78. The van der Waals surface area contributed by atoms with Crippen LogP contribution in [0.25, 0.3) is 0 Å². The second-order valence-corrected chi connectivity index (χ2v) is 17.2. The fourth-order valence-corrected chi connectivity index (χ4v) is 7.58. The maximum Gasteiger partial charge on any atom is 0.409 e. The van der Waals surface area contributed by atoms with E-state index >= 15 is 0 Å². The number of likely N-dealkylation sites (N-methyl/N-ethyl adjacent to an activating group) is 1. The van der Waals surface area contributed by atoms with E-state index in [9.17, 15) is 19.5 Å². The molecule has 2 saturated heterocycles. The average molecular weight is 796 g/mol. The highest BCUT2D eigenvalue weighted by atomic mass is 35.5. The SMILES string of the molecule is COc1cc2cc(c1Cl)N(C)C(=O)CC(OC(OC)C(C)N(C)C(=O)CCC(C)(C)S)C1(C)OC1C(C)C1CC(O)(NC(=O)O1)C(OC)/C=C/C=C(\C)C2. The smallest absolute Gasteiger partial charge is 0.409 e. The zero-order chi connectivity index (χ0) is 40.3. The van der Waals surface area contributed by atoms with Gasteiger partial charge < -0.3 is 43.3 Å². The van der Waals surface area contributed by atoms with Crippen molar-refractivity contribution in [1.29, 1.82) is 0 Å². The molecule has 3 aliphatic heterocycles. The largest absolute Gasteiger partial charge is 0.495 e. The number of hydrogen-bond acceptors (Lipinski definition) is 11. The number of carbonyl (C=O) groups is 3. The van der Waals surface area contributed by atoms with Gasteiger partial charge in [-0.15, -0.1) is 0 Å². The van der Waals surface area contributed by atoms with Crippen LogP contribution in [0.3, 0.4) is 0 Å². The first-order chi connectivity index (χ1) is 25.2. The molecule has 0 saturated carbocycles. The van der Waals surface area contributed by atoms with Gasteiger partial charge in [-0.2, -0.15) is 12.6 Å². The van der Waals surface area contributed by atoms with Crippen molar-refractivity contribution in [3.63, 3.8) is 0 Å².